The van der Waals surface area contributed by atoms with Gasteiger partial charge in [-0.15, -0.1) is 10.2 Å². The molecule has 0 saturated carbocycles. The lowest BCUT2D eigenvalue weighted by molar-refractivity contribution is -0.384. The largest absolute Gasteiger partial charge is 0.493 e. The fourth-order valence-electron chi connectivity index (χ4n) is 2.29. The number of benzene rings is 1. The number of nitro groups is 1. The first-order chi connectivity index (χ1) is 10.9. The summed E-state index contributed by atoms with van der Waals surface area (Å²) in [6.45, 7) is 1.48. The third kappa shape index (κ3) is 2.39. The van der Waals surface area contributed by atoms with Crippen molar-refractivity contribution in [3.8, 4) is 5.88 Å². The van der Waals surface area contributed by atoms with Crippen LogP contribution in [0, 0.1) is 22.9 Å². The molecule has 0 amide bonds. The standard InChI is InChI=1S/C13H11FN6O3/c1-6-11(20(22)23)12(19(2)18-6)17-16-10-8-5-7(14)3-4-9(8)15-13(10)21/h3-5,15,21H,1-2H3. The molecule has 9 nitrogen and oxygen atoms in total. The molecule has 2 aromatic heterocycles. The van der Waals surface area contributed by atoms with Crippen molar-refractivity contribution in [1.29, 1.82) is 0 Å². The van der Waals surface area contributed by atoms with Gasteiger partial charge >= 0.3 is 5.69 Å². The van der Waals surface area contributed by atoms with E-state index in [1.807, 2.05) is 0 Å². The van der Waals surface area contributed by atoms with E-state index >= 15 is 0 Å². The fraction of sp³-hybridized carbons (Fsp3) is 0.154. The maximum Gasteiger partial charge on any atom is 0.337 e. The number of fused-ring (bicyclic) bond motifs is 1. The molecule has 1 aromatic carbocycles. The minimum atomic E-state index is -0.606. The summed E-state index contributed by atoms with van der Waals surface area (Å²) in [7, 11) is 1.49. The van der Waals surface area contributed by atoms with Crippen molar-refractivity contribution in [3.63, 3.8) is 0 Å². The van der Waals surface area contributed by atoms with E-state index in [-0.39, 0.29) is 28.8 Å². The number of aromatic hydroxyl groups is 1. The number of rotatable bonds is 3. The SMILES string of the molecule is Cc1nn(C)c(N=Nc2c(O)[nH]c3ccc(F)cc23)c1[N+](=O)[O-]. The van der Waals surface area contributed by atoms with Gasteiger partial charge in [0, 0.05) is 12.4 Å². The van der Waals surface area contributed by atoms with E-state index in [2.05, 4.69) is 20.3 Å². The molecular weight excluding hydrogens is 307 g/mol. The first kappa shape index (κ1) is 14.6. The number of H-pyrrole nitrogens is 1. The number of azo groups is 1. The molecule has 0 aliphatic carbocycles. The van der Waals surface area contributed by atoms with Crippen molar-refractivity contribution in [1.82, 2.24) is 14.8 Å². The molecule has 23 heavy (non-hydrogen) atoms. The van der Waals surface area contributed by atoms with Crippen LogP contribution in [0.25, 0.3) is 10.9 Å². The normalized spacial score (nSPS) is 11.6. The van der Waals surface area contributed by atoms with Crippen molar-refractivity contribution >= 4 is 28.1 Å². The van der Waals surface area contributed by atoms with E-state index in [4.69, 9.17) is 0 Å². The zero-order chi connectivity index (χ0) is 16.7. The van der Waals surface area contributed by atoms with E-state index in [9.17, 15) is 19.6 Å². The molecule has 0 aliphatic heterocycles. The number of nitrogens with zero attached hydrogens (tertiary/aromatic N) is 5. The molecule has 3 aromatic rings. The van der Waals surface area contributed by atoms with Gasteiger partial charge in [-0.05, 0) is 25.1 Å². The Bertz CT molecular complexity index is 958. The second-order valence-corrected chi connectivity index (χ2v) is 4.85. The van der Waals surface area contributed by atoms with Gasteiger partial charge in [-0.2, -0.15) is 5.10 Å². The Morgan fingerprint density at radius 3 is 2.87 bits per heavy atom. The Balaban J connectivity index is 2.13. The van der Waals surface area contributed by atoms with E-state index in [0.29, 0.717) is 10.9 Å². The Morgan fingerprint density at radius 1 is 1.43 bits per heavy atom. The van der Waals surface area contributed by atoms with Gasteiger partial charge in [0.1, 0.15) is 11.5 Å². The predicted octanol–water partition coefficient (Wildman–Crippen LogP) is 3.38. The first-order valence-electron chi connectivity index (χ1n) is 6.48. The molecule has 2 heterocycles. The van der Waals surface area contributed by atoms with Crippen molar-refractivity contribution in [2.24, 2.45) is 17.3 Å². The zero-order valence-electron chi connectivity index (χ0n) is 12.1. The number of hydrogen-bond acceptors (Lipinski definition) is 6. The maximum atomic E-state index is 13.4. The van der Waals surface area contributed by atoms with E-state index in [1.165, 1.54) is 36.9 Å². The molecule has 2 N–H and O–H groups in total. The fourth-order valence-corrected chi connectivity index (χ4v) is 2.29. The van der Waals surface area contributed by atoms with Crippen LogP contribution >= 0.6 is 0 Å². The number of hydrogen-bond donors (Lipinski definition) is 2. The molecular formula is C13H11FN6O3. The van der Waals surface area contributed by atoms with E-state index in [0.717, 1.165) is 0 Å². The molecule has 0 aliphatic rings. The maximum absolute atomic E-state index is 13.4. The lowest BCUT2D eigenvalue weighted by Crippen LogP contribution is -1.90. The number of aromatic nitrogens is 3. The van der Waals surface area contributed by atoms with Crippen LogP contribution in [0.2, 0.25) is 0 Å². The summed E-state index contributed by atoms with van der Waals surface area (Å²) >= 11 is 0. The van der Waals surface area contributed by atoms with E-state index in [1.54, 1.807) is 0 Å². The van der Waals surface area contributed by atoms with Gasteiger partial charge in [0.2, 0.25) is 5.88 Å². The molecule has 0 bridgehead atoms. The Morgan fingerprint density at radius 2 is 2.17 bits per heavy atom. The number of nitrogens with one attached hydrogen (secondary N) is 1. The van der Waals surface area contributed by atoms with Gasteiger partial charge in [0.15, 0.2) is 5.69 Å². The summed E-state index contributed by atoms with van der Waals surface area (Å²) in [5.74, 6) is -0.885. The van der Waals surface area contributed by atoms with Crippen molar-refractivity contribution in [2.75, 3.05) is 0 Å². The molecule has 0 unspecified atom stereocenters. The highest BCUT2D eigenvalue weighted by Crippen LogP contribution is 2.38. The molecule has 0 spiro atoms. The predicted molar refractivity (Wildman–Crippen MR) is 78.7 cm³/mol. The average Bonchev–Trinajstić information content (AvgIpc) is 2.92. The van der Waals surface area contributed by atoms with Crippen LogP contribution in [0.1, 0.15) is 5.69 Å². The van der Waals surface area contributed by atoms with Crippen LogP contribution in [0.3, 0.4) is 0 Å². The second-order valence-electron chi connectivity index (χ2n) is 4.85. The molecule has 0 radical (unpaired) electrons. The number of aryl methyl sites for hydroxylation is 2. The lowest BCUT2D eigenvalue weighted by Gasteiger charge is -1.94. The molecule has 0 saturated heterocycles. The zero-order valence-corrected chi connectivity index (χ0v) is 12.1. The molecule has 0 fully saturated rings. The molecule has 0 atom stereocenters. The summed E-state index contributed by atoms with van der Waals surface area (Å²) in [6, 6.07) is 3.86. The molecule has 3 rings (SSSR count). The highest BCUT2D eigenvalue weighted by Gasteiger charge is 2.24. The van der Waals surface area contributed by atoms with Crippen LogP contribution in [0.15, 0.2) is 28.4 Å². The van der Waals surface area contributed by atoms with Gasteiger partial charge in [0.05, 0.1) is 10.4 Å². The summed E-state index contributed by atoms with van der Waals surface area (Å²) in [5.41, 5.74) is 0.378. The Kier molecular flexibility index (Phi) is 3.28. The third-order valence-electron chi connectivity index (χ3n) is 3.30. The van der Waals surface area contributed by atoms with Crippen molar-refractivity contribution in [2.45, 2.75) is 6.92 Å². The van der Waals surface area contributed by atoms with Gasteiger partial charge in [-0.1, -0.05) is 0 Å². The highest BCUT2D eigenvalue weighted by molar-refractivity contribution is 5.94. The monoisotopic (exact) mass is 318 g/mol. The average molecular weight is 318 g/mol. The van der Waals surface area contributed by atoms with Crippen LogP contribution in [0.5, 0.6) is 5.88 Å². The van der Waals surface area contributed by atoms with Crippen LogP contribution < -0.4 is 0 Å². The van der Waals surface area contributed by atoms with Gasteiger partial charge in [0.25, 0.3) is 5.82 Å². The van der Waals surface area contributed by atoms with E-state index < -0.39 is 10.7 Å². The Hall–Kier alpha value is -3.30. The minimum Gasteiger partial charge on any atom is -0.493 e. The van der Waals surface area contributed by atoms with Gasteiger partial charge < -0.3 is 10.1 Å². The van der Waals surface area contributed by atoms with Crippen LogP contribution in [0.4, 0.5) is 21.6 Å². The Labute approximate surface area is 128 Å². The lowest BCUT2D eigenvalue weighted by atomic mass is 10.2. The number of aromatic amines is 1. The topological polar surface area (TPSA) is 122 Å². The summed E-state index contributed by atoms with van der Waals surface area (Å²) in [6.07, 6.45) is 0. The molecule has 10 heteroatoms. The van der Waals surface area contributed by atoms with Crippen LogP contribution in [-0.4, -0.2) is 24.8 Å². The summed E-state index contributed by atoms with van der Waals surface area (Å²) < 4.78 is 14.6. The van der Waals surface area contributed by atoms with Crippen LogP contribution in [-0.2, 0) is 7.05 Å². The first-order valence-corrected chi connectivity index (χ1v) is 6.48. The third-order valence-corrected chi connectivity index (χ3v) is 3.30. The smallest absolute Gasteiger partial charge is 0.337 e. The highest BCUT2D eigenvalue weighted by atomic mass is 19.1. The van der Waals surface area contributed by atoms with Crippen molar-refractivity contribution < 1.29 is 14.4 Å². The van der Waals surface area contributed by atoms with Gasteiger partial charge in [-0.25, -0.2) is 9.07 Å². The summed E-state index contributed by atoms with van der Waals surface area (Å²) in [5, 5.41) is 32.8. The molecule has 118 valence electrons. The number of halogens is 1. The van der Waals surface area contributed by atoms with Crippen molar-refractivity contribution in [3.05, 3.63) is 39.8 Å². The summed E-state index contributed by atoms with van der Waals surface area (Å²) in [4.78, 5) is 13.1. The second kappa shape index (κ2) is 5.16. The minimum absolute atomic E-state index is 0.00680. The van der Waals surface area contributed by atoms with Gasteiger partial charge in [-0.3, -0.25) is 10.1 Å². The quantitative estimate of drug-likeness (QED) is 0.436.